The summed E-state index contributed by atoms with van der Waals surface area (Å²) in [5.74, 6) is -2.56. The van der Waals surface area contributed by atoms with Gasteiger partial charge in [0.05, 0.1) is 5.94 Å². The van der Waals surface area contributed by atoms with Gasteiger partial charge in [-0.2, -0.15) is 0 Å². The molecule has 0 fully saturated rings. The lowest BCUT2D eigenvalue weighted by Crippen LogP contribution is -2.51. The Kier molecular flexibility index (Phi) is 7.70. The van der Waals surface area contributed by atoms with Gasteiger partial charge in [-0.3, -0.25) is 14.5 Å². The van der Waals surface area contributed by atoms with Crippen LogP contribution in [-0.4, -0.2) is 41.5 Å². The molecule has 6 nitrogen and oxygen atoms in total. The van der Waals surface area contributed by atoms with Crippen LogP contribution in [0.25, 0.3) is 0 Å². The van der Waals surface area contributed by atoms with Crippen LogP contribution >= 0.6 is 0 Å². The molecule has 152 valence electrons. The highest BCUT2D eigenvalue weighted by molar-refractivity contribution is 6.43. The fraction of sp³-hybridized carbons (Fsp3) is 0.238. The Bertz CT molecular complexity index is 887. The van der Waals surface area contributed by atoms with E-state index in [0.29, 0.717) is 5.69 Å². The molecule has 2 rings (SSSR count). The van der Waals surface area contributed by atoms with Gasteiger partial charge in [0.15, 0.2) is 0 Å². The number of rotatable bonds is 8. The molecule has 0 saturated heterocycles. The maximum Gasteiger partial charge on any atom is 0.475 e. The number of nitrogens with one attached hydrogen (secondary N) is 1. The van der Waals surface area contributed by atoms with Crippen molar-refractivity contribution >= 4 is 24.6 Å². The first-order chi connectivity index (χ1) is 13.7. The van der Waals surface area contributed by atoms with Crippen molar-refractivity contribution in [2.45, 2.75) is 26.2 Å². The third-order valence-electron chi connectivity index (χ3n) is 4.52. The number of amides is 2. The second-order valence-electron chi connectivity index (χ2n) is 6.83. The van der Waals surface area contributed by atoms with Gasteiger partial charge in [0.1, 0.15) is 12.4 Å². The van der Waals surface area contributed by atoms with Crippen LogP contribution in [0.4, 0.5) is 10.1 Å². The topological polar surface area (TPSA) is 89.9 Å². The van der Waals surface area contributed by atoms with Gasteiger partial charge in [-0.15, -0.1) is 0 Å². The zero-order chi connectivity index (χ0) is 21.6. The van der Waals surface area contributed by atoms with Crippen molar-refractivity contribution in [2.24, 2.45) is 0 Å². The van der Waals surface area contributed by atoms with E-state index in [2.05, 4.69) is 11.9 Å². The molecule has 2 amide bonds. The quantitative estimate of drug-likeness (QED) is 0.467. The fourth-order valence-electron chi connectivity index (χ4n) is 2.97. The average Bonchev–Trinajstić information content (AvgIpc) is 2.67. The fourth-order valence-corrected chi connectivity index (χ4v) is 2.97. The lowest BCUT2D eigenvalue weighted by Gasteiger charge is -2.24. The highest BCUT2D eigenvalue weighted by Crippen LogP contribution is 2.16. The Hall–Kier alpha value is -2.97. The van der Waals surface area contributed by atoms with Crippen LogP contribution in [0, 0.1) is 19.7 Å². The summed E-state index contributed by atoms with van der Waals surface area (Å²) in [6.07, 6.45) is 1.26. The van der Waals surface area contributed by atoms with Crippen LogP contribution in [0.15, 0.2) is 55.1 Å². The summed E-state index contributed by atoms with van der Waals surface area (Å²) >= 11 is 0. The highest BCUT2D eigenvalue weighted by Gasteiger charge is 2.27. The van der Waals surface area contributed by atoms with Crippen molar-refractivity contribution in [2.75, 3.05) is 11.4 Å². The summed E-state index contributed by atoms with van der Waals surface area (Å²) in [5.41, 5.74) is 3.24. The van der Waals surface area contributed by atoms with Gasteiger partial charge in [0, 0.05) is 5.69 Å². The van der Waals surface area contributed by atoms with Crippen molar-refractivity contribution in [3.8, 4) is 0 Å². The van der Waals surface area contributed by atoms with Gasteiger partial charge in [-0.25, -0.2) is 4.39 Å². The Balaban J connectivity index is 2.13. The molecular formula is C21H24BFN2O4. The van der Waals surface area contributed by atoms with E-state index >= 15 is 0 Å². The Labute approximate surface area is 169 Å². The van der Waals surface area contributed by atoms with E-state index in [-0.39, 0.29) is 13.0 Å². The van der Waals surface area contributed by atoms with Crippen LogP contribution in [-0.2, 0) is 16.0 Å². The molecule has 0 spiro atoms. The Morgan fingerprint density at radius 1 is 1.21 bits per heavy atom. The van der Waals surface area contributed by atoms with Crippen LogP contribution in [0.5, 0.6) is 0 Å². The summed E-state index contributed by atoms with van der Waals surface area (Å²) in [6, 6.07) is 10.9. The molecule has 0 unspecified atom stereocenters. The van der Waals surface area contributed by atoms with E-state index in [1.54, 1.807) is 0 Å². The molecular weight excluding hydrogens is 374 g/mol. The molecule has 8 heteroatoms. The van der Waals surface area contributed by atoms with E-state index < -0.39 is 30.7 Å². The molecule has 0 saturated carbocycles. The number of nitrogens with zero attached hydrogens (tertiary/aromatic N) is 1. The second-order valence-corrected chi connectivity index (χ2v) is 6.83. The van der Waals surface area contributed by atoms with Gasteiger partial charge in [-0.1, -0.05) is 30.3 Å². The summed E-state index contributed by atoms with van der Waals surface area (Å²) < 4.78 is 13.2. The Morgan fingerprint density at radius 2 is 1.86 bits per heavy atom. The largest absolute Gasteiger partial charge is 0.475 e. The summed E-state index contributed by atoms with van der Waals surface area (Å²) in [7, 11) is -1.78. The molecule has 1 atom stereocenters. The number of halogens is 1. The Morgan fingerprint density at radius 3 is 2.41 bits per heavy atom. The zero-order valence-electron chi connectivity index (χ0n) is 16.4. The molecule has 0 aliphatic rings. The molecule has 3 N–H and O–H groups in total. The van der Waals surface area contributed by atoms with Crippen molar-refractivity contribution in [1.29, 1.82) is 0 Å². The van der Waals surface area contributed by atoms with Gasteiger partial charge >= 0.3 is 7.12 Å². The van der Waals surface area contributed by atoms with Gasteiger partial charge in [0.2, 0.25) is 5.91 Å². The molecule has 0 bridgehead atoms. The molecule has 0 aliphatic carbocycles. The van der Waals surface area contributed by atoms with Crippen LogP contribution in [0.2, 0.25) is 0 Å². The summed E-state index contributed by atoms with van der Waals surface area (Å²) in [6.45, 7) is 6.90. The number of benzene rings is 2. The normalized spacial score (nSPS) is 11.5. The average molecular weight is 398 g/mol. The number of hydrogen-bond donors (Lipinski definition) is 3. The minimum absolute atomic E-state index is 0.210. The van der Waals surface area contributed by atoms with Gasteiger partial charge in [0.25, 0.3) is 5.91 Å². The van der Waals surface area contributed by atoms with E-state index in [9.17, 15) is 24.0 Å². The predicted octanol–water partition coefficient (Wildman–Crippen LogP) is 1.70. The number of hydrogen-bond acceptors (Lipinski definition) is 4. The first-order valence-corrected chi connectivity index (χ1v) is 9.12. The molecule has 0 aliphatic heterocycles. The molecule has 2 aromatic rings. The molecule has 0 radical (unpaired) electrons. The number of anilines is 1. The minimum atomic E-state index is -1.78. The summed E-state index contributed by atoms with van der Waals surface area (Å²) in [4.78, 5) is 25.8. The number of carbonyl (C=O) groups excluding carboxylic acids is 2. The lowest BCUT2D eigenvalue weighted by molar-refractivity contribution is -0.122. The second kappa shape index (κ2) is 10.00. The monoisotopic (exact) mass is 398 g/mol. The van der Waals surface area contributed by atoms with Gasteiger partial charge in [-0.05, 0) is 61.7 Å². The van der Waals surface area contributed by atoms with Crippen molar-refractivity contribution in [3.05, 3.63) is 77.6 Å². The van der Waals surface area contributed by atoms with Gasteiger partial charge < -0.3 is 15.4 Å². The van der Waals surface area contributed by atoms with E-state index in [1.807, 2.05) is 32.0 Å². The third-order valence-corrected chi connectivity index (χ3v) is 4.52. The molecule has 2 aromatic carbocycles. The predicted molar refractivity (Wildman–Crippen MR) is 111 cm³/mol. The van der Waals surface area contributed by atoms with Crippen LogP contribution in [0.1, 0.15) is 16.7 Å². The maximum absolute atomic E-state index is 13.2. The van der Waals surface area contributed by atoms with E-state index in [0.717, 1.165) is 27.7 Å². The lowest BCUT2D eigenvalue weighted by atomic mass is 9.75. The number of aryl methyl sites for hydroxylation is 2. The van der Waals surface area contributed by atoms with E-state index in [4.69, 9.17) is 0 Å². The first-order valence-electron chi connectivity index (χ1n) is 9.12. The minimum Gasteiger partial charge on any atom is -0.426 e. The summed E-state index contributed by atoms with van der Waals surface area (Å²) in [5, 5.41) is 22.0. The standard InChI is InChI=1S/C21H24BFN2O4/c1-4-21(27)25(18-9-7-17(23)8-10-18)13-20(26)24-19(22(28)29)12-16-6-5-14(2)11-15(16)3/h4-11,19,28-29H,1,12-13H2,2-3H3,(H,24,26)/t19-/m0/s1. The first kappa shape index (κ1) is 22.3. The third kappa shape index (κ3) is 6.27. The van der Waals surface area contributed by atoms with Crippen LogP contribution in [0.3, 0.4) is 0 Å². The van der Waals surface area contributed by atoms with E-state index in [1.165, 1.54) is 24.3 Å². The highest BCUT2D eigenvalue weighted by atomic mass is 19.1. The van der Waals surface area contributed by atoms with Crippen molar-refractivity contribution in [1.82, 2.24) is 5.32 Å². The van der Waals surface area contributed by atoms with Crippen LogP contribution < -0.4 is 10.2 Å². The van der Waals surface area contributed by atoms with Crippen molar-refractivity contribution < 1.29 is 24.0 Å². The SMILES string of the molecule is C=CC(=O)N(CC(=O)N[C@@H](Cc1ccc(C)cc1C)B(O)O)c1ccc(F)cc1. The van der Waals surface area contributed by atoms with Crippen molar-refractivity contribution in [3.63, 3.8) is 0 Å². The maximum atomic E-state index is 13.2. The zero-order valence-corrected chi connectivity index (χ0v) is 16.4. The molecule has 29 heavy (non-hydrogen) atoms. The smallest absolute Gasteiger partial charge is 0.426 e. The molecule has 0 heterocycles. The molecule has 0 aromatic heterocycles. The number of carbonyl (C=O) groups is 2.